The Morgan fingerprint density at radius 2 is 0.779 bits per heavy atom. The van der Waals surface area contributed by atoms with Gasteiger partial charge in [0, 0.05) is 0 Å². The lowest BCUT2D eigenvalue weighted by molar-refractivity contribution is -0.303. The number of aliphatic hydroxyl groups is 7. The van der Waals surface area contributed by atoms with Gasteiger partial charge in [-0.25, -0.2) is 0 Å². The molecule has 0 aromatic rings. The van der Waals surface area contributed by atoms with Gasteiger partial charge in [-0.05, 0) is 89.9 Å². The Bertz CT molecular complexity index is 1390. The molecule has 9 unspecified atom stereocenters. The van der Waals surface area contributed by atoms with Crippen molar-refractivity contribution in [1.82, 2.24) is 5.32 Å². The van der Waals surface area contributed by atoms with Gasteiger partial charge in [0.2, 0.25) is 5.91 Å². The molecular weight excluding hydrogens is 967 g/mol. The third-order valence-corrected chi connectivity index (χ3v) is 15.6. The Morgan fingerprint density at radius 1 is 0.442 bits per heavy atom. The van der Waals surface area contributed by atoms with Gasteiger partial charge in [0.1, 0.15) is 36.6 Å². The third kappa shape index (κ3) is 42.6. The van der Waals surface area contributed by atoms with Crippen LogP contribution in [0, 0.1) is 0 Å². The summed E-state index contributed by atoms with van der Waals surface area (Å²) in [4.78, 5) is 13.2. The molecule has 77 heavy (non-hydrogen) atoms. The summed E-state index contributed by atoms with van der Waals surface area (Å²) in [6, 6.07) is -1.20. The van der Waals surface area contributed by atoms with Gasteiger partial charge in [-0.15, -0.1) is 0 Å². The first-order valence-corrected chi connectivity index (χ1v) is 32.5. The van der Waals surface area contributed by atoms with E-state index in [0.717, 1.165) is 57.8 Å². The highest BCUT2D eigenvalue weighted by Gasteiger charge is 2.44. The number of aliphatic hydroxyl groups excluding tert-OH is 7. The van der Waals surface area contributed by atoms with E-state index in [-0.39, 0.29) is 12.8 Å². The molecule has 0 aromatic carbocycles. The van der Waals surface area contributed by atoms with Gasteiger partial charge in [0.05, 0.1) is 25.4 Å². The molecule has 1 saturated heterocycles. The predicted molar refractivity (Wildman–Crippen MR) is 321 cm³/mol. The predicted octanol–water partition coefficient (Wildman–Crippen LogP) is 14.8. The van der Waals surface area contributed by atoms with E-state index in [1.807, 2.05) is 0 Å². The molecule has 0 bridgehead atoms. The highest BCUT2D eigenvalue weighted by Crippen LogP contribution is 2.23. The van der Waals surface area contributed by atoms with Crippen LogP contribution in [0.4, 0.5) is 0 Å². The van der Waals surface area contributed by atoms with Gasteiger partial charge in [0.15, 0.2) is 6.29 Å². The number of carbonyl (C=O) groups is 1. The molecule has 0 aromatic heterocycles. The summed E-state index contributed by atoms with van der Waals surface area (Å²) >= 11 is 0. The van der Waals surface area contributed by atoms with Crippen LogP contribution >= 0.6 is 0 Å². The Kier molecular flexibility index (Phi) is 51.9. The van der Waals surface area contributed by atoms with Crippen molar-refractivity contribution in [3.63, 3.8) is 0 Å². The number of hydrogen-bond donors (Lipinski definition) is 8. The Balaban J connectivity index is 2.30. The average molecular weight is 1090 g/mol. The van der Waals surface area contributed by atoms with E-state index in [1.54, 1.807) is 0 Å². The maximum absolute atomic E-state index is 13.2. The van der Waals surface area contributed by atoms with Crippen LogP contribution in [0.1, 0.15) is 296 Å². The molecule has 1 fully saturated rings. The summed E-state index contributed by atoms with van der Waals surface area (Å²) in [5.74, 6) is -0.714. The first-order valence-electron chi connectivity index (χ1n) is 32.5. The van der Waals surface area contributed by atoms with E-state index >= 15 is 0 Å². The topological polar surface area (TPSA) is 189 Å². The van der Waals surface area contributed by atoms with Crippen LogP contribution in [0.2, 0.25) is 0 Å². The number of ether oxygens (including phenoxy) is 2. The zero-order valence-corrected chi connectivity index (χ0v) is 49.7. The number of allylic oxidation sites excluding steroid dienone is 8. The molecule has 0 aliphatic carbocycles. The van der Waals surface area contributed by atoms with Crippen molar-refractivity contribution >= 4 is 5.91 Å². The fourth-order valence-electron chi connectivity index (χ4n) is 10.3. The normalized spacial score (nSPS) is 19.8. The molecule has 1 aliphatic rings. The first kappa shape index (κ1) is 73.1. The lowest BCUT2D eigenvalue weighted by Gasteiger charge is -2.40. The zero-order chi connectivity index (χ0) is 56.1. The van der Waals surface area contributed by atoms with Gasteiger partial charge in [-0.2, -0.15) is 0 Å². The van der Waals surface area contributed by atoms with E-state index in [1.165, 1.54) is 193 Å². The minimum absolute atomic E-state index is 0.240. The molecule has 11 nitrogen and oxygen atoms in total. The molecule has 0 saturated carbocycles. The summed E-state index contributed by atoms with van der Waals surface area (Å²) in [7, 11) is 0. The molecule has 1 rings (SSSR count). The lowest BCUT2D eigenvalue weighted by Crippen LogP contribution is -2.60. The van der Waals surface area contributed by atoms with Gasteiger partial charge >= 0.3 is 0 Å². The maximum Gasteiger partial charge on any atom is 0.249 e. The molecule has 452 valence electrons. The van der Waals surface area contributed by atoms with E-state index < -0.39 is 74.2 Å². The summed E-state index contributed by atoms with van der Waals surface area (Å²) < 4.78 is 11.2. The molecular formula is C66H123NO10. The summed E-state index contributed by atoms with van der Waals surface area (Å²) in [5.41, 5.74) is 0. The van der Waals surface area contributed by atoms with E-state index in [2.05, 4.69) is 67.8 Å². The van der Waals surface area contributed by atoms with Crippen molar-refractivity contribution in [2.45, 2.75) is 351 Å². The standard InChI is InChI=1S/C66H123NO10/c1-3-5-7-9-11-13-15-17-19-21-23-25-27-28-29-30-32-33-35-37-39-41-43-45-47-49-51-53-58(69)61(71)57(56-76-66-64(74)63(73)62(72)60(55-68)77-66)67-65(75)59(70)54-52-50-48-46-44-42-40-38-36-34-31-26-24-22-20-18-16-14-12-10-8-6-4-2/h30,32,34,36-37,39,45,47,57-64,66,68-74H,3-29,31,33,35,38,40-44,46,48-56H2,1-2H3,(H,67,75)/b32-30+,36-34-,39-37+,47-45+. The minimum Gasteiger partial charge on any atom is -0.394 e. The van der Waals surface area contributed by atoms with Crippen molar-refractivity contribution < 1.29 is 50.0 Å². The van der Waals surface area contributed by atoms with Gasteiger partial charge < -0.3 is 50.5 Å². The van der Waals surface area contributed by atoms with E-state index in [9.17, 15) is 40.5 Å². The SMILES string of the molecule is CCCCCCCCCCCCCC/C=C\CCCCCCCCCC(O)C(=O)NC(COC1OC(CO)C(O)C(O)C1O)C(O)C(O)CCC/C=C/CC/C=C/CC/C=C/CCCCCCCCCCCCCCCC. The Morgan fingerprint density at radius 3 is 1.16 bits per heavy atom. The van der Waals surface area contributed by atoms with Crippen LogP contribution in [0.15, 0.2) is 48.6 Å². The number of amides is 1. The summed E-state index contributed by atoms with van der Waals surface area (Å²) in [5, 5.41) is 76.3. The third-order valence-electron chi connectivity index (χ3n) is 15.6. The summed E-state index contributed by atoms with van der Waals surface area (Å²) in [6.07, 6.45) is 58.9. The second kappa shape index (κ2) is 54.6. The Labute approximate surface area is 472 Å². The Hall–Kier alpha value is -1.93. The van der Waals surface area contributed by atoms with Crippen LogP contribution in [0.3, 0.4) is 0 Å². The second-order valence-electron chi connectivity index (χ2n) is 22.8. The molecule has 9 atom stereocenters. The maximum atomic E-state index is 13.2. The van der Waals surface area contributed by atoms with E-state index in [4.69, 9.17) is 9.47 Å². The quantitative estimate of drug-likeness (QED) is 0.0215. The van der Waals surface area contributed by atoms with Crippen LogP contribution in [0.5, 0.6) is 0 Å². The van der Waals surface area contributed by atoms with Crippen LogP contribution in [0.25, 0.3) is 0 Å². The van der Waals surface area contributed by atoms with Crippen LogP contribution in [-0.4, -0.2) is 110 Å². The van der Waals surface area contributed by atoms with Crippen LogP contribution in [-0.2, 0) is 14.3 Å². The summed E-state index contributed by atoms with van der Waals surface area (Å²) in [6.45, 7) is 3.47. The van der Waals surface area contributed by atoms with Crippen molar-refractivity contribution in [2.75, 3.05) is 13.2 Å². The number of carbonyl (C=O) groups excluding carboxylic acids is 1. The minimum atomic E-state index is -1.68. The highest BCUT2D eigenvalue weighted by atomic mass is 16.7. The number of unbranched alkanes of at least 4 members (excludes halogenated alkanes) is 36. The second-order valence-corrected chi connectivity index (χ2v) is 22.8. The smallest absolute Gasteiger partial charge is 0.249 e. The van der Waals surface area contributed by atoms with Crippen LogP contribution < -0.4 is 5.32 Å². The fraction of sp³-hybridized carbons (Fsp3) is 0.864. The molecule has 11 heteroatoms. The van der Waals surface area contributed by atoms with Gasteiger partial charge in [0.25, 0.3) is 0 Å². The zero-order valence-electron chi connectivity index (χ0n) is 49.7. The van der Waals surface area contributed by atoms with Gasteiger partial charge in [-0.1, -0.05) is 255 Å². The number of nitrogens with one attached hydrogen (secondary N) is 1. The monoisotopic (exact) mass is 1090 g/mol. The lowest BCUT2D eigenvalue weighted by atomic mass is 9.98. The fourth-order valence-corrected chi connectivity index (χ4v) is 10.3. The molecule has 0 radical (unpaired) electrons. The van der Waals surface area contributed by atoms with Crippen molar-refractivity contribution in [1.29, 1.82) is 0 Å². The van der Waals surface area contributed by atoms with Crippen molar-refractivity contribution in [3.05, 3.63) is 48.6 Å². The number of rotatable bonds is 56. The highest BCUT2D eigenvalue weighted by molar-refractivity contribution is 5.80. The molecule has 1 aliphatic heterocycles. The average Bonchev–Trinajstić information content (AvgIpc) is 3.43. The first-order chi connectivity index (χ1) is 37.7. The molecule has 1 amide bonds. The van der Waals surface area contributed by atoms with Crippen molar-refractivity contribution in [3.8, 4) is 0 Å². The number of hydrogen-bond acceptors (Lipinski definition) is 10. The molecule has 1 heterocycles. The largest absolute Gasteiger partial charge is 0.394 e. The molecule has 0 spiro atoms. The van der Waals surface area contributed by atoms with Gasteiger partial charge in [-0.3, -0.25) is 4.79 Å². The van der Waals surface area contributed by atoms with Crippen molar-refractivity contribution in [2.24, 2.45) is 0 Å². The van der Waals surface area contributed by atoms with E-state index in [0.29, 0.717) is 19.3 Å². The molecule has 8 N–H and O–H groups in total.